The zero-order valence-electron chi connectivity index (χ0n) is 10.7. The first-order valence-electron chi connectivity index (χ1n) is 6.16. The van der Waals surface area contributed by atoms with Crippen molar-refractivity contribution in [2.24, 2.45) is 0 Å². The number of carbonyl (C=O) groups is 1. The van der Waals surface area contributed by atoms with Crippen LogP contribution in [0.4, 0.5) is 13.2 Å². The van der Waals surface area contributed by atoms with E-state index in [-0.39, 0.29) is 16.7 Å². The molecule has 7 heteroatoms. The highest BCUT2D eigenvalue weighted by Gasteiger charge is 2.38. The van der Waals surface area contributed by atoms with Crippen molar-refractivity contribution in [3.63, 3.8) is 0 Å². The summed E-state index contributed by atoms with van der Waals surface area (Å²) in [5.74, 6) is -1.50. The largest absolute Gasteiger partial charge is 0.449 e. The molecule has 0 aliphatic carbocycles. The van der Waals surface area contributed by atoms with Crippen LogP contribution >= 0.6 is 0 Å². The summed E-state index contributed by atoms with van der Waals surface area (Å²) in [6.07, 6.45) is -3.07. The number of ketones is 1. The number of aromatic nitrogens is 3. The molecule has 0 saturated carbocycles. The van der Waals surface area contributed by atoms with Gasteiger partial charge in [0.25, 0.3) is 0 Å². The van der Waals surface area contributed by atoms with Gasteiger partial charge < -0.3 is 9.55 Å². The second kappa shape index (κ2) is 4.76. The van der Waals surface area contributed by atoms with Crippen molar-refractivity contribution in [3.05, 3.63) is 54.1 Å². The first-order valence-corrected chi connectivity index (χ1v) is 6.16. The van der Waals surface area contributed by atoms with Gasteiger partial charge in [-0.1, -0.05) is 12.1 Å². The maximum absolute atomic E-state index is 13.1. The number of nitrogens with zero attached hydrogens (tertiary/aromatic N) is 2. The molecule has 0 spiro atoms. The van der Waals surface area contributed by atoms with Gasteiger partial charge in [-0.3, -0.25) is 4.79 Å². The van der Waals surface area contributed by atoms with Crippen molar-refractivity contribution in [1.82, 2.24) is 14.5 Å². The lowest BCUT2D eigenvalue weighted by Gasteiger charge is -2.10. The molecule has 0 aliphatic heterocycles. The Hall–Kier alpha value is -2.57. The van der Waals surface area contributed by atoms with Gasteiger partial charge in [-0.25, -0.2) is 4.98 Å². The lowest BCUT2D eigenvalue weighted by Crippen LogP contribution is -2.19. The first-order chi connectivity index (χ1) is 9.97. The van der Waals surface area contributed by atoms with Crippen LogP contribution in [0.5, 0.6) is 0 Å². The highest BCUT2D eigenvalue weighted by Crippen LogP contribution is 2.31. The molecule has 1 N–H and O–H groups in total. The van der Waals surface area contributed by atoms with Crippen molar-refractivity contribution < 1.29 is 18.0 Å². The smallest absolute Gasteiger partial charge is 0.359 e. The molecule has 3 rings (SSSR count). The quantitative estimate of drug-likeness (QED) is 0.753. The Morgan fingerprint density at radius 3 is 2.62 bits per heavy atom. The summed E-state index contributed by atoms with van der Waals surface area (Å²) < 4.78 is 40.1. The molecule has 0 fully saturated rings. The fraction of sp³-hybridized carbons (Fsp3) is 0.143. The summed E-state index contributed by atoms with van der Waals surface area (Å²) >= 11 is 0. The van der Waals surface area contributed by atoms with Gasteiger partial charge in [0.15, 0.2) is 5.78 Å². The number of H-pyrrole nitrogens is 1. The molecule has 2 heterocycles. The van der Waals surface area contributed by atoms with Gasteiger partial charge in [0, 0.05) is 6.20 Å². The molecule has 2 aromatic heterocycles. The fourth-order valence-electron chi connectivity index (χ4n) is 2.18. The van der Waals surface area contributed by atoms with Crippen LogP contribution in [0.3, 0.4) is 0 Å². The molecule has 3 aromatic rings. The minimum Gasteiger partial charge on any atom is -0.359 e. The highest BCUT2D eigenvalue weighted by atomic mass is 19.4. The SMILES string of the molecule is O=C(Cn1c(C(F)(F)F)nc2ccccc21)c1ccc[nH]1. The second-order valence-corrected chi connectivity index (χ2v) is 4.52. The predicted molar refractivity (Wildman–Crippen MR) is 69.9 cm³/mol. The summed E-state index contributed by atoms with van der Waals surface area (Å²) in [4.78, 5) is 18.3. The zero-order valence-corrected chi connectivity index (χ0v) is 10.7. The molecular weight excluding hydrogens is 283 g/mol. The molecule has 0 aliphatic rings. The number of imidazole rings is 1. The Kier molecular flexibility index (Phi) is 3.04. The number of para-hydroxylation sites is 2. The molecule has 108 valence electrons. The summed E-state index contributed by atoms with van der Waals surface area (Å²) in [6.45, 7) is -0.421. The molecule has 0 atom stereocenters. The normalized spacial score (nSPS) is 12.0. The minimum atomic E-state index is -4.62. The van der Waals surface area contributed by atoms with Crippen molar-refractivity contribution in [2.75, 3.05) is 0 Å². The summed E-state index contributed by atoms with van der Waals surface area (Å²) in [5, 5.41) is 0. The zero-order chi connectivity index (χ0) is 15.0. The van der Waals surface area contributed by atoms with E-state index in [9.17, 15) is 18.0 Å². The molecule has 0 amide bonds. The molecule has 0 bridgehead atoms. The van der Waals surface area contributed by atoms with E-state index in [1.54, 1.807) is 24.4 Å². The minimum absolute atomic E-state index is 0.212. The first kappa shape index (κ1) is 13.4. The van der Waals surface area contributed by atoms with E-state index in [0.717, 1.165) is 4.57 Å². The Bertz CT molecular complexity index is 788. The van der Waals surface area contributed by atoms with Crippen LogP contribution in [0.2, 0.25) is 0 Å². The van der Waals surface area contributed by atoms with Crippen LogP contribution < -0.4 is 0 Å². The number of Topliss-reactive ketones (excluding diaryl/α,β-unsaturated/α-hetero) is 1. The van der Waals surface area contributed by atoms with Gasteiger partial charge in [-0.15, -0.1) is 0 Å². The monoisotopic (exact) mass is 293 g/mol. The number of aromatic amines is 1. The molecule has 0 unspecified atom stereocenters. The summed E-state index contributed by atoms with van der Waals surface area (Å²) in [6, 6.07) is 9.35. The van der Waals surface area contributed by atoms with E-state index >= 15 is 0 Å². The number of hydrogen-bond acceptors (Lipinski definition) is 2. The van der Waals surface area contributed by atoms with Gasteiger partial charge in [0.1, 0.15) is 0 Å². The van der Waals surface area contributed by atoms with Gasteiger partial charge in [-0.05, 0) is 24.3 Å². The van der Waals surface area contributed by atoms with Crippen LogP contribution in [-0.2, 0) is 12.7 Å². The van der Waals surface area contributed by atoms with E-state index in [1.165, 1.54) is 18.2 Å². The number of halogens is 3. The maximum Gasteiger partial charge on any atom is 0.449 e. The molecule has 1 aromatic carbocycles. The Morgan fingerprint density at radius 2 is 1.95 bits per heavy atom. The summed E-state index contributed by atoms with van der Waals surface area (Å²) in [5.41, 5.74) is 0.759. The standard InChI is InChI=1S/C14H10F3N3O/c15-14(16,17)13-19-9-4-1-2-6-11(9)20(13)8-12(21)10-5-3-7-18-10/h1-7,18H,8H2. The lowest BCUT2D eigenvalue weighted by molar-refractivity contribution is -0.146. The average Bonchev–Trinajstić information content (AvgIpc) is 3.06. The topological polar surface area (TPSA) is 50.7 Å². The van der Waals surface area contributed by atoms with Gasteiger partial charge in [0.2, 0.25) is 5.82 Å². The Balaban J connectivity index is 2.09. The van der Waals surface area contributed by atoms with E-state index in [0.29, 0.717) is 0 Å². The van der Waals surface area contributed by atoms with E-state index in [2.05, 4.69) is 9.97 Å². The highest BCUT2D eigenvalue weighted by molar-refractivity contribution is 5.95. The molecular formula is C14H10F3N3O. The van der Waals surface area contributed by atoms with Crippen LogP contribution in [-0.4, -0.2) is 20.3 Å². The third-order valence-corrected chi connectivity index (χ3v) is 3.11. The fourth-order valence-corrected chi connectivity index (χ4v) is 2.18. The van der Waals surface area contributed by atoms with E-state index < -0.39 is 24.3 Å². The van der Waals surface area contributed by atoms with Crippen molar-refractivity contribution in [2.45, 2.75) is 12.7 Å². The number of carbonyl (C=O) groups excluding carboxylic acids is 1. The predicted octanol–water partition coefficient (Wildman–Crippen LogP) is 3.27. The van der Waals surface area contributed by atoms with Crippen LogP contribution in [0, 0.1) is 0 Å². The number of rotatable bonds is 3. The average molecular weight is 293 g/mol. The number of alkyl halides is 3. The Morgan fingerprint density at radius 1 is 1.19 bits per heavy atom. The van der Waals surface area contributed by atoms with Crippen LogP contribution in [0.15, 0.2) is 42.6 Å². The van der Waals surface area contributed by atoms with Crippen molar-refractivity contribution in [1.29, 1.82) is 0 Å². The maximum atomic E-state index is 13.1. The Labute approximate surface area is 117 Å². The van der Waals surface area contributed by atoms with E-state index in [1.807, 2.05) is 0 Å². The van der Waals surface area contributed by atoms with Crippen LogP contribution in [0.1, 0.15) is 16.3 Å². The second-order valence-electron chi connectivity index (χ2n) is 4.52. The number of nitrogens with one attached hydrogen (secondary N) is 1. The van der Waals surface area contributed by atoms with Gasteiger partial charge in [0.05, 0.1) is 23.3 Å². The van der Waals surface area contributed by atoms with Gasteiger partial charge in [-0.2, -0.15) is 13.2 Å². The third-order valence-electron chi connectivity index (χ3n) is 3.11. The third kappa shape index (κ3) is 2.42. The van der Waals surface area contributed by atoms with Crippen molar-refractivity contribution in [3.8, 4) is 0 Å². The lowest BCUT2D eigenvalue weighted by atomic mass is 10.2. The van der Waals surface area contributed by atoms with E-state index in [4.69, 9.17) is 0 Å². The molecule has 0 saturated heterocycles. The molecule has 4 nitrogen and oxygen atoms in total. The molecule has 21 heavy (non-hydrogen) atoms. The van der Waals surface area contributed by atoms with Crippen LogP contribution in [0.25, 0.3) is 11.0 Å². The summed E-state index contributed by atoms with van der Waals surface area (Å²) in [7, 11) is 0. The van der Waals surface area contributed by atoms with Gasteiger partial charge >= 0.3 is 6.18 Å². The number of hydrogen-bond donors (Lipinski definition) is 1. The number of benzene rings is 1. The van der Waals surface area contributed by atoms with Crippen molar-refractivity contribution >= 4 is 16.8 Å². The number of fused-ring (bicyclic) bond motifs is 1. The molecule has 0 radical (unpaired) electrons.